The standard InChI is InChI=1S/C12H15NO7/c1-5-20-12(14)7-6-8(13(15)16)10(18-3)11(19-4)9(7)17-2/h6H,5H2,1-4H3. The first-order valence-electron chi connectivity index (χ1n) is 5.66. The van der Waals surface area contributed by atoms with Gasteiger partial charge in [-0.2, -0.15) is 0 Å². The maximum atomic E-state index is 11.8. The molecule has 0 aromatic heterocycles. The number of hydrogen-bond donors (Lipinski definition) is 0. The lowest BCUT2D eigenvalue weighted by Gasteiger charge is -2.15. The van der Waals surface area contributed by atoms with Gasteiger partial charge in [-0.25, -0.2) is 4.79 Å². The minimum Gasteiger partial charge on any atom is -0.492 e. The van der Waals surface area contributed by atoms with E-state index in [1.807, 2.05) is 0 Å². The molecule has 0 fully saturated rings. The Labute approximate surface area is 115 Å². The number of nitro groups is 1. The highest BCUT2D eigenvalue weighted by Gasteiger charge is 2.30. The van der Waals surface area contributed by atoms with E-state index in [9.17, 15) is 14.9 Å². The third-order valence-electron chi connectivity index (χ3n) is 2.48. The molecule has 0 unspecified atom stereocenters. The van der Waals surface area contributed by atoms with Crippen LogP contribution in [0.2, 0.25) is 0 Å². The Morgan fingerprint density at radius 3 is 2.10 bits per heavy atom. The zero-order valence-electron chi connectivity index (χ0n) is 11.6. The minimum absolute atomic E-state index is 0.0217. The number of carbonyl (C=O) groups is 1. The summed E-state index contributed by atoms with van der Waals surface area (Å²) in [7, 11) is 3.86. The number of rotatable bonds is 6. The molecule has 0 aliphatic heterocycles. The van der Waals surface area contributed by atoms with Gasteiger partial charge in [-0.15, -0.1) is 0 Å². The molecule has 1 aromatic rings. The van der Waals surface area contributed by atoms with Gasteiger partial charge in [-0.05, 0) is 6.92 Å². The number of carbonyl (C=O) groups excluding carboxylic acids is 1. The molecule has 1 rings (SSSR count). The fraction of sp³-hybridized carbons (Fsp3) is 0.417. The molecule has 0 bridgehead atoms. The molecule has 8 nitrogen and oxygen atoms in total. The predicted molar refractivity (Wildman–Crippen MR) is 68.7 cm³/mol. The predicted octanol–water partition coefficient (Wildman–Crippen LogP) is 1.80. The largest absolute Gasteiger partial charge is 0.492 e. The van der Waals surface area contributed by atoms with Crippen LogP contribution < -0.4 is 14.2 Å². The van der Waals surface area contributed by atoms with Gasteiger partial charge in [-0.3, -0.25) is 10.1 Å². The molecule has 0 N–H and O–H groups in total. The van der Waals surface area contributed by atoms with Crippen molar-refractivity contribution in [2.75, 3.05) is 27.9 Å². The quantitative estimate of drug-likeness (QED) is 0.446. The van der Waals surface area contributed by atoms with E-state index in [-0.39, 0.29) is 29.4 Å². The topological polar surface area (TPSA) is 97.1 Å². The van der Waals surface area contributed by atoms with Gasteiger partial charge in [-0.1, -0.05) is 0 Å². The van der Waals surface area contributed by atoms with Gasteiger partial charge in [0, 0.05) is 6.07 Å². The number of hydrogen-bond acceptors (Lipinski definition) is 7. The van der Waals surface area contributed by atoms with Gasteiger partial charge in [0.05, 0.1) is 32.9 Å². The molecule has 0 aliphatic carbocycles. The van der Waals surface area contributed by atoms with Gasteiger partial charge >= 0.3 is 11.7 Å². The molecule has 0 saturated heterocycles. The molecule has 0 amide bonds. The number of methoxy groups -OCH3 is 3. The summed E-state index contributed by atoms with van der Waals surface area (Å²) in [5.74, 6) is -0.878. The van der Waals surface area contributed by atoms with Crippen LogP contribution in [-0.4, -0.2) is 38.8 Å². The first kappa shape index (κ1) is 15.5. The molecule has 20 heavy (non-hydrogen) atoms. The summed E-state index contributed by atoms with van der Waals surface area (Å²) in [5, 5.41) is 11.1. The van der Waals surface area contributed by atoms with Crippen LogP contribution in [0.25, 0.3) is 0 Å². The van der Waals surface area contributed by atoms with Crippen LogP contribution in [-0.2, 0) is 4.74 Å². The van der Waals surface area contributed by atoms with Crippen LogP contribution in [0.3, 0.4) is 0 Å². The molecule has 0 saturated carbocycles. The van der Waals surface area contributed by atoms with Crippen molar-refractivity contribution in [3.63, 3.8) is 0 Å². The van der Waals surface area contributed by atoms with Crippen molar-refractivity contribution in [2.24, 2.45) is 0 Å². The van der Waals surface area contributed by atoms with E-state index in [0.29, 0.717) is 0 Å². The summed E-state index contributed by atoms with van der Waals surface area (Å²) in [6.45, 7) is 1.75. The zero-order valence-corrected chi connectivity index (χ0v) is 11.6. The molecule has 8 heteroatoms. The van der Waals surface area contributed by atoms with Gasteiger partial charge in [0.2, 0.25) is 11.5 Å². The summed E-state index contributed by atoms with van der Waals surface area (Å²) in [6.07, 6.45) is 0. The molecule has 110 valence electrons. The second kappa shape index (κ2) is 6.60. The first-order valence-corrected chi connectivity index (χ1v) is 5.66. The molecular weight excluding hydrogens is 270 g/mol. The van der Waals surface area contributed by atoms with Crippen molar-refractivity contribution in [1.29, 1.82) is 0 Å². The third kappa shape index (κ3) is 2.73. The van der Waals surface area contributed by atoms with Crippen molar-refractivity contribution in [2.45, 2.75) is 6.92 Å². The normalized spacial score (nSPS) is 9.80. The Balaban J connectivity index is 3.63. The number of ether oxygens (including phenoxy) is 4. The van der Waals surface area contributed by atoms with E-state index in [0.717, 1.165) is 6.07 Å². The van der Waals surface area contributed by atoms with E-state index >= 15 is 0 Å². The molecule has 1 aromatic carbocycles. The highest BCUT2D eigenvalue weighted by molar-refractivity contribution is 5.95. The van der Waals surface area contributed by atoms with E-state index in [4.69, 9.17) is 18.9 Å². The van der Waals surface area contributed by atoms with Crippen LogP contribution in [0.5, 0.6) is 17.2 Å². The summed E-state index contributed by atoms with van der Waals surface area (Å²) in [5.41, 5.74) is -0.507. The van der Waals surface area contributed by atoms with Gasteiger partial charge in [0.25, 0.3) is 0 Å². The van der Waals surface area contributed by atoms with Crippen molar-refractivity contribution in [3.8, 4) is 17.2 Å². The van der Waals surface area contributed by atoms with Crippen molar-refractivity contribution < 1.29 is 28.7 Å². The Kier molecular flexibility index (Phi) is 5.13. The second-order valence-electron chi connectivity index (χ2n) is 3.52. The van der Waals surface area contributed by atoms with Crippen LogP contribution in [0.4, 0.5) is 5.69 Å². The third-order valence-corrected chi connectivity index (χ3v) is 2.48. The Hall–Kier alpha value is -2.51. The van der Waals surface area contributed by atoms with E-state index in [2.05, 4.69) is 0 Å². The monoisotopic (exact) mass is 285 g/mol. The summed E-state index contributed by atoms with van der Waals surface area (Å²) in [6, 6.07) is 1.04. The van der Waals surface area contributed by atoms with Crippen LogP contribution in [0.1, 0.15) is 17.3 Å². The highest BCUT2D eigenvalue weighted by atomic mass is 16.6. The number of benzene rings is 1. The van der Waals surface area contributed by atoms with E-state index in [1.54, 1.807) is 6.92 Å². The first-order chi connectivity index (χ1) is 9.51. The van der Waals surface area contributed by atoms with Gasteiger partial charge < -0.3 is 18.9 Å². The summed E-state index contributed by atoms with van der Waals surface area (Å²) >= 11 is 0. The van der Waals surface area contributed by atoms with Crippen molar-refractivity contribution >= 4 is 11.7 Å². The molecule has 0 radical (unpaired) electrons. The lowest BCUT2D eigenvalue weighted by atomic mass is 10.1. The van der Waals surface area contributed by atoms with Gasteiger partial charge in [0.15, 0.2) is 5.75 Å². The smallest absolute Gasteiger partial charge is 0.342 e. The maximum Gasteiger partial charge on any atom is 0.342 e. The van der Waals surface area contributed by atoms with Crippen LogP contribution in [0, 0.1) is 10.1 Å². The molecule has 0 aliphatic rings. The van der Waals surface area contributed by atoms with Crippen LogP contribution >= 0.6 is 0 Å². The Bertz CT molecular complexity index is 527. The molecule has 0 atom stereocenters. The van der Waals surface area contributed by atoms with E-state index < -0.39 is 16.6 Å². The highest BCUT2D eigenvalue weighted by Crippen LogP contribution is 2.46. The fourth-order valence-corrected chi connectivity index (χ4v) is 1.69. The molecular formula is C12H15NO7. The van der Waals surface area contributed by atoms with Crippen molar-refractivity contribution in [1.82, 2.24) is 0 Å². The Morgan fingerprint density at radius 1 is 1.15 bits per heavy atom. The molecule has 0 spiro atoms. The fourth-order valence-electron chi connectivity index (χ4n) is 1.69. The summed E-state index contributed by atoms with van der Waals surface area (Å²) < 4.78 is 19.9. The van der Waals surface area contributed by atoms with Gasteiger partial charge in [0.1, 0.15) is 5.56 Å². The average Bonchev–Trinajstić information content (AvgIpc) is 2.44. The SMILES string of the molecule is CCOC(=O)c1cc([N+](=O)[O-])c(OC)c(OC)c1OC. The minimum atomic E-state index is -0.742. The Morgan fingerprint density at radius 2 is 1.70 bits per heavy atom. The van der Waals surface area contributed by atoms with Crippen molar-refractivity contribution in [3.05, 3.63) is 21.7 Å². The number of nitrogens with zero attached hydrogens (tertiary/aromatic N) is 1. The lowest BCUT2D eigenvalue weighted by molar-refractivity contribution is -0.385. The maximum absolute atomic E-state index is 11.8. The van der Waals surface area contributed by atoms with E-state index in [1.165, 1.54) is 21.3 Å². The zero-order chi connectivity index (χ0) is 15.3. The lowest BCUT2D eigenvalue weighted by Crippen LogP contribution is -2.10. The number of esters is 1. The second-order valence-corrected chi connectivity index (χ2v) is 3.52. The molecule has 0 heterocycles. The number of nitro benzene ring substituents is 1. The van der Waals surface area contributed by atoms with Crippen LogP contribution in [0.15, 0.2) is 6.07 Å². The summed E-state index contributed by atoms with van der Waals surface area (Å²) in [4.78, 5) is 22.2. The average molecular weight is 285 g/mol.